The first-order valence-corrected chi connectivity index (χ1v) is 10.5. The van der Waals surface area contributed by atoms with Gasteiger partial charge in [-0.05, 0) is 23.6 Å². The fourth-order valence-corrected chi connectivity index (χ4v) is 3.41. The second kappa shape index (κ2) is 9.44. The van der Waals surface area contributed by atoms with Gasteiger partial charge in [0.25, 0.3) is 16.0 Å². The number of nitrogens with zero attached hydrogens (tertiary/aromatic N) is 1. The Hall–Kier alpha value is -3.04. The molecule has 9 heteroatoms. The van der Waals surface area contributed by atoms with Crippen LogP contribution in [0.5, 0.6) is 0 Å². The molecule has 0 saturated heterocycles. The summed E-state index contributed by atoms with van der Waals surface area (Å²) in [5.41, 5.74) is 1.31. The van der Waals surface area contributed by atoms with Crippen LogP contribution < -0.4 is 0 Å². The van der Waals surface area contributed by atoms with Crippen molar-refractivity contribution in [3.05, 3.63) is 60.2 Å². The zero-order valence-electron chi connectivity index (χ0n) is 15.7. The van der Waals surface area contributed by atoms with Crippen LogP contribution in [0.15, 0.2) is 54.6 Å². The molecular weight excluding hydrogens is 398 g/mol. The van der Waals surface area contributed by atoms with Crippen LogP contribution in [0.2, 0.25) is 0 Å². The van der Waals surface area contributed by atoms with Crippen molar-refractivity contribution in [2.24, 2.45) is 0 Å². The second-order valence-electron chi connectivity index (χ2n) is 6.26. The van der Waals surface area contributed by atoms with Crippen LogP contribution in [0.3, 0.4) is 0 Å². The van der Waals surface area contributed by atoms with Gasteiger partial charge >= 0.3 is 5.97 Å². The third-order valence-corrected chi connectivity index (χ3v) is 5.03. The lowest BCUT2D eigenvalue weighted by Gasteiger charge is -2.27. The monoisotopic (exact) mass is 419 g/mol. The van der Waals surface area contributed by atoms with E-state index < -0.39 is 46.1 Å². The highest BCUT2D eigenvalue weighted by Crippen LogP contribution is 2.26. The van der Waals surface area contributed by atoms with Gasteiger partial charge in [0, 0.05) is 12.0 Å². The average molecular weight is 419 g/mol. The summed E-state index contributed by atoms with van der Waals surface area (Å²) in [5, 5.41) is 9.54. The van der Waals surface area contributed by atoms with E-state index >= 15 is 0 Å². The zero-order valence-corrected chi connectivity index (χ0v) is 16.5. The van der Waals surface area contributed by atoms with Crippen molar-refractivity contribution in [2.75, 3.05) is 5.75 Å². The minimum absolute atomic E-state index is 0.110. The van der Waals surface area contributed by atoms with Gasteiger partial charge in [0.15, 0.2) is 0 Å². The number of amides is 2. The number of hydrogen-bond donors (Lipinski definition) is 2. The first kappa shape index (κ1) is 22.3. The number of carbonyl (C=O) groups excluding carboxylic acids is 2. The Morgan fingerprint density at radius 3 is 2.14 bits per heavy atom. The molecule has 0 saturated carbocycles. The van der Waals surface area contributed by atoms with Crippen molar-refractivity contribution in [3.8, 4) is 11.1 Å². The van der Waals surface area contributed by atoms with E-state index in [-0.39, 0.29) is 12.0 Å². The Morgan fingerprint density at radius 2 is 1.59 bits per heavy atom. The fourth-order valence-electron chi connectivity index (χ4n) is 2.89. The van der Waals surface area contributed by atoms with E-state index in [2.05, 4.69) is 0 Å². The Bertz CT molecular complexity index is 1000. The molecule has 0 spiro atoms. The van der Waals surface area contributed by atoms with Crippen molar-refractivity contribution < 1.29 is 32.5 Å². The summed E-state index contributed by atoms with van der Waals surface area (Å²) in [6.45, 7) is 1.47. The quantitative estimate of drug-likeness (QED) is 0.629. The number of rotatable bonds is 8. The second-order valence-corrected chi connectivity index (χ2v) is 7.83. The van der Waals surface area contributed by atoms with Gasteiger partial charge in [0.1, 0.15) is 6.04 Å². The Balaban J connectivity index is 2.52. The molecule has 2 rings (SSSR count). The largest absolute Gasteiger partial charge is 0.480 e. The number of carboxylic acid groups (broad SMARTS) is 1. The molecule has 0 heterocycles. The van der Waals surface area contributed by atoms with Gasteiger partial charge in [-0.1, -0.05) is 55.5 Å². The molecule has 154 valence electrons. The summed E-state index contributed by atoms with van der Waals surface area (Å²) in [4.78, 5) is 38.0. The molecule has 2 aromatic rings. The normalized spacial score (nSPS) is 12.2. The third kappa shape index (κ3) is 5.72. The van der Waals surface area contributed by atoms with Gasteiger partial charge in [-0.2, -0.15) is 8.42 Å². The van der Waals surface area contributed by atoms with Gasteiger partial charge in [-0.15, -0.1) is 0 Å². The Kier molecular flexibility index (Phi) is 7.24. The SMILES string of the molecule is CCC(=O)N(C(=O)c1ccccc1-c1ccccc1)[C@@H](CCS(=O)(=O)O)C(=O)O. The molecule has 2 amide bonds. The summed E-state index contributed by atoms with van der Waals surface area (Å²) in [6.07, 6.45) is -0.784. The summed E-state index contributed by atoms with van der Waals surface area (Å²) in [6, 6.07) is 13.6. The number of carboxylic acids is 1. The lowest BCUT2D eigenvalue weighted by molar-refractivity contribution is -0.147. The van der Waals surface area contributed by atoms with Crippen molar-refractivity contribution >= 4 is 27.9 Å². The number of imide groups is 1. The summed E-state index contributed by atoms with van der Waals surface area (Å²) < 4.78 is 31.1. The number of hydrogen-bond acceptors (Lipinski definition) is 5. The molecule has 0 aliphatic heterocycles. The molecule has 8 nitrogen and oxygen atoms in total. The first-order chi connectivity index (χ1) is 13.7. The van der Waals surface area contributed by atoms with Gasteiger partial charge in [0.2, 0.25) is 5.91 Å². The highest BCUT2D eigenvalue weighted by molar-refractivity contribution is 7.85. The zero-order chi connectivity index (χ0) is 21.6. The van der Waals surface area contributed by atoms with E-state index in [0.29, 0.717) is 16.0 Å². The minimum Gasteiger partial charge on any atom is -0.480 e. The third-order valence-electron chi connectivity index (χ3n) is 4.28. The molecule has 2 N–H and O–H groups in total. The minimum atomic E-state index is -4.47. The molecule has 1 atom stereocenters. The van der Waals surface area contributed by atoms with E-state index in [9.17, 15) is 27.9 Å². The first-order valence-electron chi connectivity index (χ1n) is 8.84. The fraction of sp³-hybridized carbons (Fsp3) is 0.250. The molecule has 0 bridgehead atoms. The van der Waals surface area contributed by atoms with E-state index in [1.807, 2.05) is 0 Å². The number of benzene rings is 2. The number of carbonyl (C=O) groups is 3. The maximum Gasteiger partial charge on any atom is 0.326 e. The van der Waals surface area contributed by atoms with Gasteiger partial charge < -0.3 is 5.11 Å². The Labute approximate surface area is 168 Å². The molecule has 0 unspecified atom stereocenters. The standard InChI is InChI=1S/C20H21NO7S/c1-2-18(22)21(17(20(24)25)12-13-29(26,27)28)19(23)16-11-7-6-10-15(16)14-8-4-3-5-9-14/h3-11,17H,2,12-13H2,1H3,(H,24,25)(H,26,27,28)/t17-/m0/s1. The molecule has 0 radical (unpaired) electrons. The highest BCUT2D eigenvalue weighted by Gasteiger charge is 2.36. The van der Waals surface area contributed by atoms with E-state index in [4.69, 9.17) is 4.55 Å². The molecule has 0 fully saturated rings. The molecule has 0 aliphatic carbocycles. The number of aliphatic carboxylic acids is 1. The molecule has 2 aromatic carbocycles. The molecular formula is C20H21NO7S. The topological polar surface area (TPSA) is 129 Å². The van der Waals surface area contributed by atoms with Crippen LogP contribution in [0.1, 0.15) is 30.1 Å². The van der Waals surface area contributed by atoms with E-state index in [0.717, 1.165) is 0 Å². The van der Waals surface area contributed by atoms with Gasteiger partial charge in [-0.3, -0.25) is 19.0 Å². The maximum atomic E-state index is 13.2. The summed E-state index contributed by atoms with van der Waals surface area (Å²) in [5.74, 6) is -4.05. The maximum absolute atomic E-state index is 13.2. The van der Waals surface area contributed by atoms with Crippen LogP contribution in [0.4, 0.5) is 0 Å². The van der Waals surface area contributed by atoms with Gasteiger partial charge in [-0.25, -0.2) is 4.79 Å². The lowest BCUT2D eigenvalue weighted by Crippen LogP contribution is -2.49. The highest BCUT2D eigenvalue weighted by atomic mass is 32.2. The predicted molar refractivity (Wildman–Crippen MR) is 106 cm³/mol. The average Bonchev–Trinajstić information content (AvgIpc) is 2.69. The van der Waals surface area contributed by atoms with Crippen LogP contribution in [0, 0.1) is 0 Å². The van der Waals surface area contributed by atoms with Crippen molar-refractivity contribution in [1.82, 2.24) is 4.90 Å². The summed E-state index contributed by atoms with van der Waals surface area (Å²) >= 11 is 0. The lowest BCUT2D eigenvalue weighted by atomic mass is 9.98. The van der Waals surface area contributed by atoms with Crippen molar-refractivity contribution in [2.45, 2.75) is 25.8 Å². The smallest absolute Gasteiger partial charge is 0.326 e. The molecule has 29 heavy (non-hydrogen) atoms. The van der Waals surface area contributed by atoms with Crippen molar-refractivity contribution in [1.29, 1.82) is 0 Å². The van der Waals surface area contributed by atoms with Crippen LogP contribution in [-0.2, 0) is 19.7 Å². The molecule has 0 aromatic heterocycles. The summed E-state index contributed by atoms with van der Waals surface area (Å²) in [7, 11) is -4.47. The molecule has 0 aliphatic rings. The van der Waals surface area contributed by atoms with E-state index in [1.54, 1.807) is 48.5 Å². The van der Waals surface area contributed by atoms with Gasteiger partial charge in [0.05, 0.1) is 5.75 Å². The Morgan fingerprint density at radius 1 is 1.00 bits per heavy atom. The van der Waals surface area contributed by atoms with E-state index in [1.165, 1.54) is 13.0 Å². The predicted octanol–water partition coefficient (Wildman–Crippen LogP) is 2.46. The van der Waals surface area contributed by atoms with Crippen LogP contribution >= 0.6 is 0 Å². The van der Waals surface area contributed by atoms with Crippen LogP contribution in [0.25, 0.3) is 11.1 Å². The van der Waals surface area contributed by atoms with Crippen molar-refractivity contribution in [3.63, 3.8) is 0 Å². The van der Waals surface area contributed by atoms with Crippen LogP contribution in [-0.4, -0.2) is 52.6 Å².